The maximum atomic E-state index is 13.0. The summed E-state index contributed by atoms with van der Waals surface area (Å²) in [6, 6.07) is 12.1. The van der Waals surface area contributed by atoms with Gasteiger partial charge in [-0.3, -0.25) is 9.59 Å². The second-order valence-electron chi connectivity index (χ2n) is 6.82. The number of para-hydroxylation sites is 1. The summed E-state index contributed by atoms with van der Waals surface area (Å²) in [5.41, 5.74) is 0.418. The van der Waals surface area contributed by atoms with Gasteiger partial charge in [0.1, 0.15) is 0 Å². The van der Waals surface area contributed by atoms with E-state index in [1.807, 2.05) is 31.2 Å². The Kier molecular flexibility index (Phi) is 7.18. The normalized spacial score (nSPS) is 11.3. The van der Waals surface area contributed by atoms with Crippen molar-refractivity contribution in [3.05, 3.63) is 59.7 Å². The zero-order chi connectivity index (χ0) is 23.3. The van der Waals surface area contributed by atoms with Crippen molar-refractivity contribution in [1.82, 2.24) is 15.1 Å². The van der Waals surface area contributed by atoms with E-state index in [9.17, 15) is 22.8 Å². The first-order chi connectivity index (χ1) is 15.1. The van der Waals surface area contributed by atoms with Gasteiger partial charge in [-0.1, -0.05) is 42.1 Å². The second-order valence-corrected chi connectivity index (χ2v) is 7.74. The summed E-state index contributed by atoms with van der Waals surface area (Å²) < 4.78 is 44.7. The predicted molar refractivity (Wildman–Crippen MR) is 113 cm³/mol. The van der Waals surface area contributed by atoms with Crippen LogP contribution in [0.25, 0.3) is 11.5 Å². The van der Waals surface area contributed by atoms with Gasteiger partial charge in [0.2, 0.25) is 17.7 Å². The Morgan fingerprint density at radius 1 is 1.09 bits per heavy atom. The third-order valence-electron chi connectivity index (χ3n) is 4.41. The number of carbonyl (C=O) groups is 2. The van der Waals surface area contributed by atoms with Crippen LogP contribution in [0.5, 0.6) is 0 Å². The van der Waals surface area contributed by atoms with Crippen molar-refractivity contribution < 1.29 is 27.2 Å². The third kappa shape index (κ3) is 5.88. The van der Waals surface area contributed by atoms with Gasteiger partial charge >= 0.3 is 6.18 Å². The molecule has 1 N–H and O–H groups in total. The average molecular weight is 464 g/mol. The Morgan fingerprint density at radius 3 is 2.50 bits per heavy atom. The second kappa shape index (κ2) is 9.86. The van der Waals surface area contributed by atoms with Crippen LogP contribution in [0.15, 0.2) is 58.2 Å². The summed E-state index contributed by atoms with van der Waals surface area (Å²) in [5.74, 6) is -0.931. The summed E-state index contributed by atoms with van der Waals surface area (Å²) in [7, 11) is 1.38. The van der Waals surface area contributed by atoms with Crippen molar-refractivity contribution in [3.8, 4) is 11.5 Å². The molecule has 7 nitrogen and oxygen atoms in total. The molecule has 3 aromatic rings. The van der Waals surface area contributed by atoms with Gasteiger partial charge in [0.15, 0.2) is 0 Å². The Labute approximate surface area is 186 Å². The van der Waals surface area contributed by atoms with Crippen molar-refractivity contribution in [2.24, 2.45) is 0 Å². The molecule has 0 saturated heterocycles. The van der Waals surface area contributed by atoms with Crippen LogP contribution in [0.2, 0.25) is 0 Å². The summed E-state index contributed by atoms with van der Waals surface area (Å²) in [4.78, 5) is 25.6. The average Bonchev–Trinajstić information content (AvgIpc) is 3.20. The molecular weight excluding hydrogens is 445 g/mol. The van der Waals surface area contributed by atoms with Gasteiger partial charge in [0, 0.05) is 12.6 Å². The molecule has 2 amide bonds. The first kappa shape index (κ1) is 23.3. The topological polar surface area (TPSA) is 88.3 Å². The smallest absolute Gasteiger partial charge is 0.411 e. The van der Waals surface area contributed by atoms with E-state index >= 15 is 0 Å². The summed E-state index contributed by atoms with van der Waals surface area (Å²) in [5, 5.41) is 10.3. The molecule has 32 heavy (non-hydrogen) atoms. The lowest BCUT2D eigenvalue weighted by Gasteiger charge is -2.18. The molecule has 1 aromatic heterocycles. The van der Waals surface area contributed by atoms with E-state index in [1.54, 1.807) is 0 Å². The van der Waals surface area contributed by atoms with E-state index in [0.29, 0.717) is 5.89 Å². The minimum atomic E-state index is -4.61. The number of rotatable bonds is 7. The maximum absolute atomic E-state index is 13.0. The van der Waals surface area contributed by atoms with Gasteiger partial charge in [-0.05, 0) is 30.7 Å². The number of carbonyl (C=O) groups excluding carboxylic acids is 2. The first-order valence-corrected chi connectivity index (χ1v) is 10.4. The van der Waals surface area contributed by atoms with Gasteiger partial charge in [0.25, 0.3) is 5.22 Å². The summed E-state index contributed by atoms with van der Waals surface area (Å²) in [6.45, 7) is 1.49. The molecule has 2 aromatic carbocycles. The number of nitrogens with zero attached hydrogens (tertiary/aromatic N) is 3. The van der Waals surface area contributed by atoms with Crippen LogP contribution in [0.1, 0.15) is 11.1 Å². The number of likely N-dealkylation sites (N-methyl/N-ethyl adjacent to an activating group) is 1. The molecule has 0 bridgehead atoms. The van der Waals surface area contributed by atoms with Gasteiger partial charge in [-0.25, -0.2) is 0 Å². The largest absolute Gasteiger partial charge is 0.418 e. The van der Waals surface area contributed by atoms with Gasteiger partial charge in [0.05, 0.1) is 23.5 Å². The van der Waals surface area contributed by atoms with Gasteiger partial charge in [-0.15, -0.1) is 10.2 Å². The number of alkyl halides is 3. The van der Waals surface area contributed by atoms with Crippen molar-refractivity contribution >= 4 is 29.3 Å². The Morgan fingerprint density at radius 2 is 1.78 bits per heavy atom. The maximum Gasteiger partial charge on any atom is 0.418 e. The SMILES string of the molecule is Cc1ccccc1-c1nnc(SCC(=O)N(C)CC(=O)Nc2ccccc2C(F)(F)F)o1. The van der Waals surface area contributed by atoms with Crippen LogP contribution >= 0.6 is 11.8 Å². The van der Waals surface area contributed by atoms with Crippen molar-refractivity contribution in [2.45, 2.75) is 18.3 Å². The van der Waals surface area contributed by atoms with Crippen molar-refractivity contribution in [2.75, 3.05) is 24.7 Å². The summed E-state index contributed by atoms with van der Waals surface area (Å²) in [6.07, 6.45) is -4.61. The fourth-order valence-electron chi connectivity index (χ4n) is 2.76. The number of aryl methyl sites for hydroxylation is 1. The third-order valence-corrected chi connectivity index (χ3v) is 5.22. The molecule has 3 rings (SSSR count). The van der Waals surface area contributed by atoms with Crippen LogP contribution < -0.4 is 5.32 Å². The number of anilines is 1. The van der Waals surface area contributed by atoms with Crippen molar-refractivity contribution in [3.63, 3.8) is 0 Å². The van der Waals surface area contributed by atoms with E-state index < -0.39 is 30.1 Å². The quantitative estimate of drug-likeness (QED) is 0.526. The van der Waals surface area contributed by atoms with Gasteiger partial charge in [-0.2, -0.15) is 13.2 Å². The molecule has 0 fully saturated rings. The number of aromatic nitrogens is 2. The van der Waals surface area contributed by atoms with E-state index in [2.05, 4.69) is 15.5 Å². The van der Waals surface area contributed by atoms with E-state index in [0.717, 1.165) is 39.9 Å². The Balaban J connectivity index is 1.54. The fourth-order valence-corrected chi connectivity index (χ4v) is 3.46. The lowest BCUT2D eigenvalue weighted by Crippen LogP contribution is -2.36. The molecule has 0 spiro atoms. The monoisotopic (exact) mass is 464 g/mol. The fraction of sp³-hybridized carbons (Fsp3) is 0.238. The minimum absolute atomic E-state index is 0.0850. The number of amides is 2. The number of nitrogens with one attached hydrogen (secondary N) is 1. The first-order valence-electron chi connectivity index (χ1n) is 9.37. The molecule has 0 saturated carbocycles. The molecule has 0 atom stereocenters. The van der Waals surface area contributed by atoms with Crippen LogP contribution in [-0.4, -0.2) is 46.3 Å². The highest BCUT2D eigenvalue weighted by Crippen LogP contribution is 2.34. The van der Waals surface area contributed by atoms with E-state index in [-0.39, 0.29) is 16.7 Å². The van der Waals surface area contributed by atoms with E-state index in [1.165, 1.54) is 19.2 Å². The van der Waals surface area contributed by atoms with Crippen LogP contribution in [0.3, 0.4) is 0 Å². The zero-order valence-electron chi connectivity index (χ0n) is 17.1. The standard InChI is InChI=1S/C21H19F3N4O3S/c1-13-7-3-4-8-14(13)19-26-27-20(31-19)32-12-18(30)28(2)11-17(29)25-16-10-6-5-9-15(16)21(22,23)24/h3-10H,11-12H2,1-2H3,(H,25,29). The molecule has 0 unspecified atom stereocenters. The molecule has 0 aliphatic carbocycles. The number of benzene rings is 2. The van der Waals surface area contributed by atoms with Crippen LogP contribution in [0, 0.1) is 6.92 Å². The van der Waals surface area contributed by atoms with Crippen LogP contribution in [0.4, 0.5) is 18.9 Å². The highest BCUT2D eigenvalue weighted by atomic mass is 32.2. The Bertz CT molecular complexity index is 1120. The molecule has 11 heteroatoms. The summed E-state index contributed by atoms with van der Waals surface area (Å²) >= 11 is 1.00. The van der Waals surface area contributed by atoms with Crippen molar-refractivity contribution in [1.29, 1.82) is 0 Å². The highest BCUT2D eigenvalue weighted by Gasteiger charge is 2.33. The Hall–Kier alpha value is -3.34. The predicted octanol–water partition coefficient (Wildman–Crippen LogP) is 4.25. The minimum Gasteiger partial charge on any atom is -0.411 e. The molecule has 0 radical (unpaired) electrons. The number of hydrogen-bond donors (Lipinski definition) is 1. The molecule has 0 aliphatic heterocycles. The molecule has 1 heterocycles. The zero-order valence-corrected chi connectivity index (χ0v) is 18.0. The molecule has 168 valence electrons. The van der Waals surface area contributed by atoms with Crippen LogP contribution in [-0.2, 0) is 15.8 Å². The highest BCUT2D eigenvalue weighted by molar-refractivity contribution is 7.99. The molecule has 0 aliphatic rings. The number of thioether (sulfide) groups is 1. The molecular formula is C21H19F3N4O3S. The number of hydrogen-bond acceptors (Lipinski definition) is 6. The lowest BCUT2D eigenvalue weighted by molar-refractivity contribution is -0.137. The number of halogens is 3. The van der Waals surface area contributed by atoms with E-state index in [4.69, 9.17) is 4.42 Å². The van der Waals surface area contributed by atoms with Gasteiger partial charge < -0.3 is 14.6 Å². The lowest BCUT2D eigenvalue weighted by atomic mass is 10.1.